The molecule has 18 heavy (non-hydrogen) atoms. The van der Waals surface area contributed by atoms with E-state index in [4.69, 9.17) is 0 Å². The molecule has 0 aliphatic carbocycles. The molecule has 0 spiro atoms. The summed E-state index contributed by atoms with van der Waals surface area (Å²) >= 11 is 0. The van der Waals surface area contributed by atoms with Crippen LogP contribution in [-0.4, -0.2) is 13.1 Å². The van der Waals surface area contributed by atoms with E-state index >= 15 is 0 Å². The van der Waals surface area contributed by atoms with Gasteiger partial charge < -0.3 is 4.90 Å². The quantitative estimate of drug-likeness (QED) is 0.651. The Balaban J connectivity index is 2.93. The summed E-state index contributed by atoms with van der Waals surface area (Å²) in [5.74, 6) is -3.60. The van der Waals surface area contributed by atoms with Gasteiger partial charge in [-0.1, -0.05) is 26.7 Å². The molecule has 0 amide bonds. The molecule has 0 N–H and O–H groups in total. The van der Waals surface area contributed by atoms with Crippen molar-refractivity contribution >= 4 is 5.69 Å². The highest BCUT2D eigenvalue weighted by Gasteiger charge is 2.17. The highest BCUT2D eigenvalue weighted by molar-refractivity contribution is 5.48. The smallest absolute Gasteiger partial charge is 0.196 e. The Hall–Kier alpha value is -1.19. The molecule has 0 saturated heterocycles. The van der Waals surface area contributed by atoms with Crippen LogP contribution in [0.15, 0.2) is 12.1 Å². The van der Waals surface area contributed by atoms with Crippen LogP contribution < -0.4 is 4.90 Å². The second kappa shape index (κ2) is 7.29. The lowest BCUT2D eigenvalue weighted by Gasteiger charge is -2.25. The fourth-order valence-corrected chi connectivity index (χ4v) is 1.81. The zero-order valence-electron chi connectivity index (χ0n) is 11.0. The fraction of sp³-hybridized carbons (Fsp3) is 0.571. The maximum Gasteiger partial charge on any atom is 0.196 e. The van der Waals surface area contributed by atoms with E-state index in [-0.39, 0.29) is 5.69 Å². The van der Waals surface area contributed by atoms with Crippen LogP contribution in [0, 0.1) is 17.5 Å². The summed E-state index contributed by atoms with van der Waals surface area (Å²) in [6.45, 7) is 5.41. The Bertz CT molecular complexity index is 372. The second-order valence-corrected chi connectivity index (χ2v) is 4.39. The third-order valence-corrected chi connectivity index (χ3v) is 2.92. The molecule has 0 aliphatic heterocycles. The molecule has 1 aromatic carbocycles. The lowest BCUT2D eigenvalue weighted by atomic mass is 10.2. The van der Waals surface area contributed by atoms with E-state index in [1.807, 2.05) is 13.8 Å². The highest BCUT2D eigenvalue weighted by Crippen LogP contribution is 2.24. The average Bonchev–Trinajstić information content (AvgIpc) is 2.37. The van der Waals surface area contributed by atoms with Crippen molar-refractivity contribution in [2.24, 2.45) is 0 Å². The van der Waals surface area contributed by atoms with Gasteiger partial charge in [0.1, 0.15) is 0 Å². The minimum atomic E-state index is -1.38. The number of halogens is 3. The van der Waals surface area contributed by atoms with Gasteiger partial charge in [-0.25, -0.2) is 13.2 Å². The molecule has 0 aliphatic rings. The molecule has 4 heteroatoms. The van der Waals surface area contributed by atoms with Gasteiger partial charge in [-0.2, -0.15) is 0 Å². The number of benzene rings is 1. The minimum absolute atomic E-state index is 0.163. The van der Waals surface area contributed by atoms with E-state index in [0.717, 1.165) is 31.7 Å². The van der Waals surface area contributed by atoms with Crippen LogP contribution >= 0.6 is 0 Å². The first kappa shape index (κ1) is 14.9. The molecule has 102 valence electrons. The lowest BCUT2D eigenvalue weighted by Crippen LogP contribution is -2.27. The molecule has 0 aromatic heterocycles. The van der Waals surface area contributed by atoms with Gasteiger partial charge in [0.25, 0.3) is 0 Å². The molecule has 0 unspecified atom stereocenters. The molecule has 0 bridgehead atoms. The summed E-state index contributed by atoms with van der Waals surface area (Å²) in [5.41, 5.74) is 0.163. The average molecular weight is 259 g/mol. The molecule has 0 atom stereocenters. The van der Waals surface area contributed by atoms with Crippen molar-refractivity contribution in [1.82, 2.24) is 0 Å². The molecule has 1 nitrogen and oxygen atoms in total. The van der Waals surface area contributed by atoms with Crippen molar-refractivity contribution < 1.29 is 13.2 Å². The van der Waals surface area contributed by atoms with Crippen LogP contribution in [0.3, 0.4) is 0 Å². The van der Waals surface area contributed by atoms with Crippen LogP contribution in [0.2, 0.25) is 0 Å². The van der Waals surface area contributed by atoms with E-state index in [1.165, 1.54) is 6.07 Å². The van der Waals surface area contributed by atoms with Gasteiger partial charge in [-0.05, 0) is 25.0 Å². The van der Waals surface area contributed by atoms with Crippen LogP contribution in [0.1, 0.15) is 39.5 Å². The van der Waals surface area contributed by atoms with Crippen molar-refractivity contribution in [3.63, 3.8) is 0 Å². The number of hydrogen-bond donors (Lipinski definition) is 0. The number of nitrogens with zero attached hydrogens (tertiary/aromatic N) is 1. The van der Waals surface area contributed by atoms with Gasteiger partial charge in [0.05, 0.1) is 5.69 Å². The Kier molecular flexibility index (Phi) is 6.02. The Morgan fingerprint density at radius 2 is 1.44 bits per heavy atom. The van der Waals surface area contributed by atoms with Gasteiger partial charge in [-0.15, -0.1) is 0 Å². The van der Waals surface area contributed by atoms with Crippen molar-refractivity contribution in [1.29, 1.82) is 0 Å². The van der Waals surface area contributed by atoms with Gasteiger partial charge in [-0.3, -0.25) is 0 Å². The van der Waals surface area contributed by atoms with Crippen molar-refractivity contribution in [3.8, 4) is 0 Å². The zero-order valence-corrected chi connectivity index (χ0v) is 11.0. The largest absolute Gasteiger partial charge is 0.369 e. The predicted octanol–water partition coefficient (Wildman–Crippen LogP) is 4.51. The SMILES string of the molecule is CCCCN(CCCC)c1ccc(F)c(F)c1F. The standard InChI is InChI=1S/C14H20F3N/c1-3-5-9-18(10-6-4-2)12-8-7-11(15)13(16)14(12)17/h7-8H,3-6,9-10H2,1-2H3. The van der Waals surface area contributed by atoms with Crippen molar-refractivity contribution in [2.75, 3.05) is 18.0 Å². The second-order valence-electron chi connectivity index (χ2n) is 4.39. The molecular weight excluding hydrogens is 239 g/mol. The maximum atomic E-state index is 13.7. The molecule has 0 fully saturated rings. The van der Waals surface area contributed by atoms with Gasteiger partial charge >= 0.3 is 0 Å². The molecule has 1 aromatic rings. The molecule has 0 saturated carbocycles. The molecular formula is C14H20F3N. The van der Waals surface area contributed by atoms with E-state index in [2.05, 4.69) is 0 Å². The lowest BCUT2D eigenvalue weighted by molar-refractivity contribution is 0.445. The predicted molar refractivity (Wildman–Crippen MR) is 68.3 cm³/mol. The van der Waals surface area contributed by atoms with E-state index in [9.17, 15) is 13.2 Å². The summed E-state index contributed by atoms with van der Waals surface area (Å²) in [6.07, 6.45) is 3.77. The number of hydrogen-bond acceptors (Lipinski definition) is 1. The third kappa shape index (κ3) is 3.65. The minimum Gasteiger partial charge on any atom is -0.369 e. The Morgan fingerprint density at radius 3 is 1.94 bits per heavy atom. The summed E-state index contributed by atoms with van der Waals surface area (Å²) in [7, 11) is 0. The number of unbranched alkanes of at least 4 members (excludes halogenated alkanes) is 2. The van der Waals surface area contributed by atoms with E-state index in [0.29, 0.717) is 13.1 Å². The zero-order chi connectivity index (χ0) is 13.5. The Labute approximate surface area is 107 Å². The first-order chi connectivity index (χ1) is 8.61. The molecule has 1 rings (SSSR count). The Morgan fingerprint density at radius 1 is 0.889 bits per heavy atom. The van der Waals surface area contributed by atoms with Gasteiger partial charge in [0.15, 0.2) is 17.5 Å². The first-order valence-corrected chi connectivity index (χ1v) is 6.50. The topological polar surface area (TPSA) is 3.24 Å². The van der Waals surface area contributed by atoms with E-state index in [1.54, 1.807) is 4.90 Å². The monoisotopic (exact) mass is 259 g/mol. The molecule has 0 radical (unpaired) electrons. The number of rotatable bonds is 7. The van der Waals surface area contributed by atoms with Crippen LogP contribution in [0.4, 0.5) is 18.9 Å². The fourth-order valence-electron chi connectivity index (χ4n) is 1.81. The number of anilines is 1. The maximum absolute atomic E-state index is 13.7. The normalized spacial score (nSPS) is 10.7. The van der Waals surface area contributed by atoms with Crippen LogP contribution in [-0.2, 0) is 0 Å². The van der Waals surface area contributed by atoms with Crippen molar-refractivity contribution in [2.45, 2.75) is 39.5 Å². The van der Waals surface area contributed by atoms with Crippen LogP contribution in [0.25, 0.3) is 0 Å². The summed E-state index contributed by atoms with van der Waals surface area (Å²) in [6, 6.07) is 2.30. The summed E-state index contributed by atoms with van der Waals surface area (Å²) in [5, 5.41) is 0. The van der Waals surface area contributed by atoms with Crippen molar-refractivity contribution in [3.05, 3.63) is 29.6 Å². The highest BCUT2D eigenvalue weighted by atomic mass is 19.2. The first-order valence-electron chi connectivity index (χ1n) is 6.50. The van der Waals surface area contributed by atoms with Crippen LogP contribution in [0.5, 0.6) is 0 Å². The van der Waals surface area contributed by atoms with Gasteiger partial charge in [0.2, 0.25) is 0 Å². The summed E-state index contributed by atoms with van der Waals surface area (Å²) in [4.78, 5) is 1.80. The molecule has 0 heterocycles. The third-order valence-electron chi connectivity index (χ3n) is 2.92. The summed E-state index contributed by atoms with van der Waals surface area (Å²) < 4.78 is 39.8. The van der Waals surface area contributed by atoms with Gasteiger partial charge in [0, 0.05) is 13.1 Å². The van der Waals surface area contributed by atoms with E-state index < -0.39 is 17.5 Å².